The van der Waals surface area contributed by atoms with Gasteiger partial charge in [-0.1, -0.05) is 194 Å². The Hall–Kier alpha value is -0.340. The number of thiocarbonyl (C=S) groups is 2. The number of hydrogen-bond donors (Lipinski definition) is 2. The molecule has 0 bridgehead atoms. The quantitative estimate of drug-likeness (QED) is 0.0497. The molecule has 1 saturated heterocycles. The molecule has 0 aromatic rings. The van der Waals surface area contributed by atoms with Gasteiger partial charge < -0.3 is 24.4 Å². The molecule has 0 unspecified atom stereocenters. The summed E-state index contributed by atoms with van der Waals surface area (Å²) in [4.78, 5) is 0. The molecule has 1 aliphatic rings. The van der Waals surface area contributed by atoms with Crippen molar-refractivity contribution in [2.45, 2.75) is 244 Å². The van der Waals surface area contributed by atoms with E-state index < -0.39 is 24.4 Å². The largest absolute Gasteiger partial charge is 0.484 e. The molecule has 0 radical (unpaired) electrons. The molecule has 0 spiro atoms. The second-order valence-corrected chi connectivity index (χ2v) is 15.9. The minimum Gasteiger partial charge on any atom is -0.484 e. The highest BCUT2D eigenvalue weighted by Gasteiger charge is 2.41. The van der Waals surface area contributed by atoms with Crippen LogP contribution in [0.4, 0.5) is 0 Å². The van der Waals surface area contributed by atoms with Gasteiger partial charge in [0.25, 0.3) is 0 Å². The third kappa shape index (κ3) is 27.9. The zero-order valence-electron chi connectivity index (χ0n) is 32.3. The first-order chi connectivity index (χ1) is 24.0. The number of unbranched alkanes of at least 4 members (excludes halogenated alkanes) is 28. The highest BCUT2D eigenvalue weighted by molar-refractivity contribution is 7.80. The van der Waals surface area contributed by atoms with E-state index in [2.05, 4.69) is 13.8 Å². The summed E-state index contributed by atoms with van der Waals surface area (Å²) in [6.45, 7) is 4.81. The van der Waals surface area contributed by atoms with E-state index in [1.54, 1.807) is 0 Å². The Morgan fingerprint density at radius 3 is 1.20 bits per heavy atom. The van der Waals surface area contributed by atoms with Gasteiger partial charge in [0.1, 0.15) is 24.9 Å². The maximum Gasteiger partial charge on any atom is 0.160 e. The normalized spacial score (nSPS) is 19.3. The Morgan fingerprint density at radius 2 is 0.837 bits per heavy atom. The van der Waals surface area contributed by atoms with Crippen molar-refractivity contribution < 1.29 is 24.4 Å². The standard InChI is InChI=1S/C42H80O5S2/c1-3-5-7-9-11-13-15-17-19-21-23-25-27-29-31-33-39(48)46-36-38-42(41(44)37(43)35-45-38)47-40(49)34-32-30-28-26-24-22-20-18-16-14-12-10-8-6-4-2/h37-38,41-44H,3-36H2,1-2H3/t37-,38+,41+,42+/m0/s1. The topological polar surface area (TPSA) is 68.2 Å². The smallest absolute Gasteiger partial charge is 0.160 e. The van der Waals surface area contributed by atoms with E-state index >= 15 is 0 Å². The number of rotatable bonds is 35. The average Bonchev–Trinajstić information content (AvgIpc) is 3.09. The molecule has 1 rings (SSSR count). The van der Waals surface area contributed by atoms with Crippen molar-refractivity contribution in [1.29, 1.82) is 0 Å². The van der Waals surface area contributed by atoms with Gasteiger partial charge in [0, 0.05) is 12.8 Å². The molecular weight excluding hydrogens is 649 g/mol. The van der Waals surface area contributed by atoms with Crippen molar-refractivity contribution in [2.24, 2.45) is 0 Å². The van der Waals surface area contributed by atoms with E-state index in [0.717, 1.165) is 25.7 Å². The van der Waals surface area contributed by atoms with Gasteiger partial charge in [-0.3, -0.25) is 0 Å². The Labute approximate surface area is 314 Å². The molecule has 2 N–H and O–H groups in total. The van der Waals surface area contributed by atoms with Crippen LogP contribution in [0.15, 0.2) is 0 Å². The molecule has 0 amide bonds. The predicted molar refractivity (Wildman–Crippen MR) is 217 cm³/mol. The first-order valence-electron chi connectivity index (χ1n) is 21.3. The van der Waals surface area contributed by atoms with Crippen LogP contribution < -0.4 is 0 Å². The highest BCUT2D eigenvalue weighted by Crippen LogP contribution is 2.22. The average molecular weight is 729 g/mol. The Bertz CT molecular complexity index is 751. The molecule has 5 nitrogen and oxygen atoms in total. The van der Waals surface area contributed by atoms with Gasteiger partial charge in [-0.15, -0.1) is 0 Å². The Kier molecular flexibility index (Phi) is 33.1. The minimum absolute atomic E-state index is 0.0483. The van der Waals surface area contributed by atoms with Crippen molar-refractivity contribution in [1.82, 2.24) is 0 Å². The lowest BCUT2D eigenvalue weighted by atomic mass is 10.00. The summed E-state index contributed by atoms with van der Waals surface area (Å²) in [5.41, 5.74) is 0. The third-order valence-electron chi connectivity index (χ3n) is 10.2. The van der Waals surface area contributed by atoms with Crippen LogP contribution in [0.25, 0.3) is 0 Å². The fourth-order valence-corrected chi connectivity index (χ4v) is 7.35. The molecular formula is C42H80O5S2. The van der Waals surface area contributed by atoms with Gasteiger partial charge >= 0.3 is 0 Å². The summed E-state index contributed by atoms with van der Waals surface area (Å²) in [7, 11) is 0. The van der Waals surface area contributed by atoms with Crippen molar-refractivity contribution >= 4 is 34.5 Å². The molecule has 290 valence electrons. The van der Waals surface area contributed by atoms with Gasteiger partial charge in [-0.25, -0.2) is 0 Å². The molecule has 1 fully saturated rings. The minimum atomic E-state index is -1.06. The van der Waals surface area contributed by atoms with E-state index in [9.17, 15) is 10.2 Å². The monoisotopic (exact) mass is 729 g/mol. The SMILES string of the molecule is CCCCCCCCCCCCCCCCCC(=S)OC[C@H]1OC[C@H](O)[C@@H](O)[C@@H]1OC(=S)CCCCCCCCCCCCCCCCC. The van der Waals surface area contributed by atoms with Crippen LogP contribution in [0.2, 0.25) is 0 Å². The number of hydrogen-bond acceptors (Lipinski definition) is 7. The van der Waals surface area contributed by atoms with E-state index in [1.807, 2.05) is 0 Å². The Balaban J connectivity index is 2.06. The molecule has 0 aromatic heterocycles. The van der Waals surface area contributed by atoms with Crippen LogP contribution in [-0.2, 0) is 14.2 Å². The summed E-state index contributed by atoms with van der Waals surface area (Å²) in [6, 6.07) is 0. The Morgan fingerprint density at radius 1 is 0.510 bits per heavy atom. The third-order valence-corrected chi connectivity index (χ3v) is 10.8. The van der Waals surface area contributed by atoms with Gasteiger partial charge in [-0.05, 0) is 37.3 Å². The van der Waals surface area contributed by atoms with E-state index in [0.29, 0.717) is 16.5 Å². The van der Waals surface area contributed by atoms with Crippen LogP contribution >= 0.6 is 24.4 Å². The van der Waals surface area contributed by atoms with Crippen molar-refractivity contribution in [3.05, 3.63) is 0 Å². The number of ether oxygens (including phenoxy) is 3. The van der Waals surface area contributed by atoms with E-state index in [1.165, 1.54) is 173 Å². The predicted octanol–water partition coefficient (Wildman–Crippen LogP) is 12.7. The van der Waals surface area contributed by atoms with Crippen LogP contribution in [0.5, 0.6) is 0 Å². The molecule has 49 heavy (non-hydrogen) atoms. The lowest BCUT2D eigenvalue weighted by Gasteiger charge is -2.38. The molecule has 1 heterocycles. The fourth-order valence-electron chi connectivity index (χ4n) is 6.88. The molecule has 7 heteroatoms. The highest BCUT2D eigenvalue weighted by atomic mass is 32.1. The van der Waals surface area contributed by atoms with Crippen LogP contribution in [0.1, 0.15) is 219 Å². The van der Waals surface area contributed by atoms with Crippen molar-refractivity contribution in [3.8, 4) is 0 Å². The zero-order valence-corrected chi connectivity index (χ0v) is 33.9. The van der Waals surface area contributed by atoms with Gasteiger partial charge in [-0.2, -0.15) is 0 Å². The van der Waals surface area contributed by atoms with E-state index in [-0.39, 0.29) is 13.2 Å². The molecule has 4 atom stereocenters. The maximum absolute atomic E-state index is 10.7. The molecule has 0 aliphatic carbocycles. The number of aliphatic hydroxyl groups excluding tert-OH is 2. The lowest BCUT2D eigenvalue weighted by Crippen LogP contribution is -2.56. The summed E-state index contributed by atoms with van der Waals surface area (Å²) in [5.74, 6) is 0. The van der Waals surface area contributed by atoms with Crippen LogP contribution in [0.3, 0.4) is 0 Å². The van der Waals surface area contributed by atoms with Gasteiger partial charge in [0.2, 0.25) is 0 Å². The molecule has 0 saturated carbocycles. The molecule has 1 aliphatic heterocycles. The second-order valence-electron chi connectivity index (χ2n) is 15.0. The van der Waals surface area contributed by atoms with Crippen LogP contribution in [-0.4, -0.2) is 57.9 Å². The van der Waals surface area contributed by atoms with Gasteiger partial charge in [0.15, 0.2) is 16.2 Å². The second kappa shape index (κ2) is 34.7. The lowest BCUT2D eigenvalue weighted by molar-refractivity contribution is -0.189. The summed E-state index contributed by atoms with van der Waals surface area (Å²) < 4.78 is 17.7. The van der Waals surface area contributed by atoms with Gasteiger partial charge in [0.05, 0.1) is 6.61 Å². The maximum atomic E-state index is 10.7. The van der Waals surface area contributed by atoms with Crippen molar-refractivity contribution in [2.75, 3.05) is 13.2 Å². The van der Waals surface area contributed by atoms with E-state index in [4.69, 9.17) is 38.6 Å². The first kappa shape index (κ1) is 46.7. The first-order valence-corrected chi connectivity index (χ1v) is 22.1. The summed E-state index contributed by atoms with van der Waals surface area (Å²) in [5, 5.41) is 21.9. The summed E-state index contributed by atoms with van der Waals surface area (Å²) >= 11 is 11.0. The van der Waals surface area contributed by atoms with Crippen LogP contribution in [0, 0.1) is 0 Å². The number of aliphatic hydroxyl groups is 2. The summed E-state index contributed by atoms with van der Waals surface area (Å²) in [6.07, 6.45) is 38.0. The van der Waals surface area contributed by atoms with Crippen molar-refractivity contribution in [3.63, 3.8) is 0 Å². The zero-order chi connectivity index (χ0) is 35.6. The molecule has 0 aromatic carbocycles. The fraction of sp³-hybridized carbons (Fsp3) is 0.952.